The summed E-state index contributed by atoms with van der Waals surface area (Å²) in [7, 11) is 0. The number of nitrogens with two attached hydrogens (primary N) is 1. The molecular weight excluding hydrogens is 276 g/mol. The van der Waals surface area contributed by atoms with E-state index >= 15 is 0 Å². The highest BCUT2D eigenvalue weighted by atomic mass is 16.1. The zero-order valence-corrected chi connectivity index (χ0v) is 13.2. The number of carbonyl (C=O) groups excluding carboxylic acids is 1. The fourth-order valence-corrected chi connectivity index (χ4v) is 2.27. The van der Waals surface area contributed by atoms with Crippen LogP contribution in [0.15, 0.2) is 36.7 Å². The summed E-state index contributed by atoms with van der Waals surface area (Å²) in [5.74, 6) is 0.500. The van der Waals surface area contributed by atoms with E-state index in [0.717, 1.165) is 11.1 Å². The van der Waals surface area contributed by atoms with Gasteiger partial charge in [0.15, 0.2) is 5.82 Å². The van der Waals surface area contributed by atoms with Gasteiger partial charge >= 0.3 is 0 Å². The highest BCUT2D eigenvalue weighted by Gasteiger charge is 2.18. The van der Waals surface area contributed by atoms with Gasteiger partial charge < -0.3 is 11.1 Å². The lowest BCUT2D eigenvalue weighted by Crippen LogP contribution is -2.44. The first kappa shape index (κ1) is 16.1. The molecule has 3 N–H and O–H groups in total. The van der Waals surface area contributed by atoms with E-state index in [2.05, 4.69) is 21.4 Å². The standard InChI is InChI=1S/C17H22N4O/c1-11(2)15(16(18)22)19-8-13-9-20-17(21-10-13)14-6-4-5-12(3)7-14/h4-7,9-11,15,19H,8H2,1-3H3,(H2,18,22)/t15-/m1/s1. The summed E-state index contributed by atoms with van der Waals surface area (Å²) in [6.07, 6.45) is 3.55. The van der Waals surface area contributed by atoms with Gasteiger partial charge in [-0.25, -0.2) is 9.97 Å². The molecule has 0 spiro atoms. The predicted molar refractivity (Wildman–Crippen MR) is 86.9 cm³/mol. The minimum atomic E-state index is -0.351. The molecule has 0 bridgehead atoms. The van der Waals surface area contributed by atoms with Gasteiger partial charge in [-0.1, -0.05) is 37.6 Å². The van der Waals surface area contributed by atoms with E-state index in [0.29, 0.717) is 12.4 Å². The van der Waals surface area contributed by atoms with Crippen molar-refractivity contribution in [3.05, 3.63) is 47.8 Å². The van der Waals surface area contributed by atoms with Gasteiger partial charge in [-0.3, -0.25) is 4.79 Å². The summed E-state index contributed by atoms with van der Waals surface area (Å²) >= 11 is 0. The second kappa shape index (κ2) is 7.13. The summed E-state index contributed by atoms with van der Waals surface area (Å²) < 4.78 is 0. The van der Waals surface area contributed by atoms with Crippen LogP contribution in [0, 0.1) is 12.8 Å². The lowest BCUT2D eigenvalue weighted by Gasteiger charge is -2.18. The molecular formula is C17H22N4O. The van der Waals surface area contributed by atoms with Crippen molar-refractivity contribution in [2.75, 3.05) is 0 Å². The minimum absolute atomic E-state index is 0.144. The monoisotopic (exact) mass is 298 g/mol. The van der Waals surface area contributed by atoms with Crippen molar-refractivity contribution in [1.82, 2.24) is 15.3 Å². The number of hydrogen-bond donors (Lipinski definition) is 2. The van der Waals surface area contributed by atoms with Crippen molar-refractivity contribution >= 4 is 5.91 Å². The summed E-state index contributed by atoms with van der Waals surface area (Å²) in [5, 5.41) is 3.15. The Morgan fingerprint density at radius 1 is 1.27 bits per heavy atom. The molecule has 1 amide bonds. The van der Waals surface area contributed by atoms with Crippen LogP contribution in [0.1, 0.15) is 25.0 Å². The number of rotatable bonds is 6. The Balaban J connectivity index is 2.05. The van der Waals surface area contributed by atoms with Gasteiger partial charge in [0, 0.05) is 30.1 Å². The number of aryl methyl sites for hydroxylation is 1. The van der Waals surface area contributed by atoms with E-state index < -0.39 is 0 Å². The third-order valence-electron chi connectivity index (χ3n) is 3.48. The van der Waals surface area contributed by atoms with E-state index in [9.17, 15) is 4.79 Å². The van der Waals surface area contributed by atoms with Crippen LogP contribution in [-0.4, -0.2) is 21.9 Å². The Hall–Kier alpha value is -2.27. The average Bonchev–Trinajstić information content (AvgIpc) is 2.47. The number of carbonyl (C=O) groups is 1. The molecule has 1 atom stereocenters. The number of hydrogen-bond acceptors (Lipinski definition) is 4. The normalized spacial score (nSPS) is 12.4. The molecule has 5 nitrogen and oxygen atoms in total. The molecule has 0 fully saturated rings. The molecule has 5 heteroatoms. The summed E-state index contributed by atoms with van der Waals surface area (Å²) in [6.45, 7) is 6.47. The Morgan fingerprint density at radius 3 is 2.50 bits per heavy atom. The maximum atomic E-state index is 11.4. The highest BCUT2D eigenvalue weighted by molar-refractivity contribution is 5.80. The quantitative estimate of drug-likeness (QED) is 0.855. The Morgan fingerprint density at radius 2 is 1.95 bits per heavy atom. The third kappa shape index (κ3) is 4.11. The lowest BCUT2D eigenvalue weighted by atomic mass is 10.0. The van der Waals surface area contributed by atoms with E-state index in [1.165, 1.54) is 5.56 Å². The average molecular weight is 298 g/mol. The van der Waals surface area contributed by atoms with Crippen LogP contribution in [0.25, 0.3) is 11.4 Å². The first-order valence-electron chi connectivity index (χ1n) is 7.38. The molecule has 2 rings (SSSR count). The zero-order valence-electron chi connectivity index (χ0n) is 13.2. The second-order valence-corrected chi connectivity index (χ2v) is 5.79. The number of aromatic nitrogens is 2. The molecule has 0 unspecified atom stereocenters. The molecule has 22 heavy (non-hydrogen) atoms. The summed E-state index contributed by atoms with van der Waals surface area (Å²) in [5.41, 5.74) is 8.47. The van der Waals surface area contributed by atoms with Crippen molar-refractivity contribution in [3.63, 3.8) is 0 Å². The molecule has 0 aliphatic carbocycles. The zero-order chi connectivity index (χ0) is 16.1. The third-order valence-corrected chi connectivity index (χ3v) is 3.48. The summed E-state index contributed by atoms with van der Waals surface area (Å²) in [6, 6.07) is 7.72. The van der Waals surface area contributed by atoms with Crippen molar-refractivity contribution in [2.45, 2.75) is 33.4 Å². The number of primary amides is 1. The molecule has 0 saturated heterocycles. The van der Waals surface area contributed by atoms with E-state index in [1.54, 1.807) is 12.4 Å². The van der Waals surface area contributed by atoms with Crippen LogP contribution in [-0.2, 0) is 11.3 Å². The minimum Gasteiger partial charge on any atom is -0.368 e. The predicted octanol–water partition coefficient (Wildman–Crippen LogP) is 2.05. The smallest absolute Gasteiger partial charge is 0.234 e. The molecule has 2 aromatic rings. The lowest BCUT2D eigenvalue weighted by molar-refractivity contribution is -0.121. The van der Waals surface area contributed by atoms with Crippen LogP contribution in [0.4, 0.5) is 0 Å². The first-order chi connectivity index (χ1) is 10.5. The fourth-order valence-electron chi connectivity index (χ4n) is 2.27. The molecule has 116 valence electrons. The SMILES string of the molecule is Cc1cccc(-c2ncc(CN[C@@H](C(N)=O)C(C)C)cn2)c1. The van der Waals surface area contributed by atoms with Crippen LogP contribution in [0.2, 0.25) is 0 Å². The number of amides is 1. The number of benzene rings is 1. The molecule has 1 heterocycles. The molecule has 1 aromatic carbocycles. The Kier molecular flexibility index (Phi) is 5.22. The van der Waals surface area contributed by atoms with E-state index in [-0.39, 0.29) is 17.9 Å². The summed E-state index contributed by atoms with van der Waals surface area (Å²) in [4.78, 5) is 20.1. The second-order valence-electron chi connectivity index (χ2n) is 5.79. The van der Waals surface area contributed by atoms with Gasteiger partial charge in [-0.05, 0) is 18.9 Å². The van der Waals surface area contributed by atoms with Gasteiger partial charge in [0.25, 0.3) is 0 Å². The van der Waals surface area contributed by atoms with Gasteiger partial charge in [0.05, 0.1) is 6.04 Å². The number of nitrogens with one attached hydrogen (secondary N) is 1. The van der Waals surface area contributed by atoms with Gasteiger partial charge in [0.1, 0.15) is 0 Å². The van der Waals surface area contributed by atoms with E-state index in [1.807, 2.05) is 39.0 Å². The van der Waals surface area contributed by atoms with E-state index in [4.69, 9.17) is 5.73 Å². The van der Waals surface area contributed by atoms with Gasteiger partial charge in [-0.15, -0.1) is 0 Å². The molecule has 0 aliphatic rings. The van der Waals surface area contributed by atoms with Crippen molar-refractivity contribution in [1.29, 1.82) is 0 Å². The maximum Gasteiger partial charge on any atom is 0.234 e. The largest absolute Gasteiger partial charge is 0.368 e. The van der Waals surface area contributed by atoms with Crippen molar-refractivity contribution < 1.29 is 4.79 Å². The van der Waals surface area contributed by atoms with Crippen molar-refractivity contribution in [2.24, 2.45) is 11.7 Å². The first-order valence-corrected chi connectivity index (χ1v) is 7.38. The van der Waals surface area contributed by atoms with Crippen molar-refractivity contribution in [3.8, 4) is 11.4 Å². The van der Waals surface area contributed by atoms with Crippen LogP contribution < -0.4 is 11.1 Å². The number of nitrogens with zero attached hydrogens (tertiary/aromatic N) is 2. The highest BCUT2D eigenvalue weighted by Crippen LogP contribution is 2.15. The Labute approximate surface area is 131 Å². The molecule has 1 aromatic heterocycles. The van der Waals surface area contributed by atoms with Crippen LogP contribution >= 0.6 is 0 Å². The topological polar surface area (TPSA) is 80.9 Å². The van der Waals surface area contributed by atoms with Gasteiger partial charge in [0.2, 0.25) is 5.91 Å². The maximum absolute atomic E-state index is 11.4. The molecule has 0 aliphatic heterocycles. The van der Waals surface area contributed by atoms with Crippen LogP contribution in [0.3, 0.4) is 0 Å². The Bertz CT molecular complexity index is 637. The van der Waals surface area contributed by atoms with Crippen LogP contribution in [0.5, 0.6) is 0 Å². The van der Waals surface area contributed by atoms with Gasteiger partial charge in [-0.2, -0.15) is 0 Å². The molecule has 0 saturated carbocycles. The fraction of sp³-hybridized carbons (Fsp3) is 0.353. The molecule has 0 radical (unpaired) electrons.